The highest BCUT2D eigenvalue weighted by atomic mass is 19.1. The number of aromatic nitrogens is 1. The number of rotatable bonds is 2. The molecule has 0 unspecified atom stereocenters. The molecule has 100 valence electrons. The number of aryl methyl sites for hydroxylation is 1. The summed E-state index contributed by atoms with van der Waals surface area (Å²) in [4.78, 5) is 15.6. The van der Waals surface area contributed by atoms with Gasteiger partial charge in [0.15, 0.2) is 5.82 Å². The van der Waals surface area contributed by atoms with Crippen LogP contribution in [0.1, 0.15) is 21.6 Å². The summed E-state index contributed by atoms with van der Waals surface area (Å²) in [6.45, 7) is 1.46. The highest BCUT2D eigenvalue weighted by Crippen LogP contribution is 2.22. The number of hydrogen-bond donors (Lipinski definition) is 1. The average Bonchev–Trinajstić information content (AvgIpc) is 2.47. The van der Waals surface area contributed by atoms with Crippen molar-refractivity contribution in [1.82, 2.24) is 4.98 Å². The van der Waals surface area contributed by atoms with Gasteiger partial charge in [-0.2, -0.15) is 5.26 Å². The van der Waals surface area contributed by atoms with Crippen molar-refractivity contribution in [2.24, 2.45) is 0 Å². The Morgan fingerprint density at radius 1 is 1.30 bits per heavy atom. The van der Waals surface area contributed by atoms with Crippen LogP contribution in [0.3, 0.4) is 0 Å². The normalized spacial score (nSPS) is 9.90. The number of carbonyl (C=O) groups excluding carboxylic acids is 1. The van der Waals surface area contributed by atoms with Gasteiger partial charge in [-0.25, -0.2) is 13.8 Å². The summed E-state index contributed by atoms with van der Waals surface area (Å²) in [5, 5.41) is 10.8. The molecule has 6 heteroatoms. The fraction of sp³-hybridized carbons (Fsp3) is 0.0714. The quantitative estimate of drug-likeness (QED) is 0.914. The average molecular weight is 273 g/mol. The zero-order valence-corrected chi connectivity index (χ0v) is 10.4. The number of carbonyl (C=O) groups is 1. The van der Waals surface area contributed by atoms with E-state index in [9.17, 15) is 13.6 Å². The number of nitrogens with one attached hydrogen (secondary N) is 1. The molecule has 0 atom stereocenters. The molecule has 2 aromatic rings. The first-order chi connectivity index (χ1) is 9.52. The lowest BCUT2D eigenvalue weighted by Gasteiger charge is -2.08. The smallest absolute Gasteiger partial charge is 0.274 e. The minimum atomic E-state index is -0.866. The Balaban J connectivity index is 2.28. The molecule has 0 saturated heterocycles. The van der Waals surface area contributed by atoms with Crippen LogP contribution in [0.5, 0.6) is 0 Å². The van der Waals surface area contributed by atoms with Gasteiger partial charge in [-0.05, 0) is 30.7 Å². The number of anilines is 1. The fourth-order valence-corrected chi connectivity index (χ4v) is 1.54. The predicted molar refractivity (Wildman–Crippen MR) is 68.0 cm³/mol. The van der Waals surface area contributed by atoms with E-state index < -0.39 is 23.2 Å². The second-order valence-electron chi connectivity index (χ2n) is 4.05. The van der Waals surface area contributed by atoms with E-state index in [2.05, 4.69) is 10.3 Å². The molecular weight excluding hydrogens is 264 g/mol. The standard InChI is InChI=1S/C14H9F2N3O/c1-8-2-4-10(15)13(12(8)16)19-14(20)11-5-3-9(6-17)7-18-11/h2-5,7H,1H3,(H,19,20). The van der Waals surface area contributed by atoms with Gasteiger partial charge in [0.05, 0.1) is 5.56 Å². The molecule has 1 N–H and O–H groups in total. The van der Waals surface area contributed by atoms with Crippen molar-refractivity contribution in [2.75, 3.05) is 5.32 Å². The van der Waals surface area contributed by atoms with Crippen LogP contribution in [-0.4, -0.2) is 10.9 Å². The van der Waals surface area contributed by atoms with Crippen molar-refractivity contribution in [2.45, 2.75) is 6.92 Å². The molecule has 0 spiro atoms. The molecule has 0 fully saturated rings. The van der Waals surface area contributed by atoms with E-state index in [0.29, 0.717) is 0 Å². The van der Waals surface area contributed by atoms with Crippen molar-refractivity contribution in [1.29, 1.82) is 5.26 Å². The van der Waals surface area contributed by atoms with Crippen LogP contribution in [-0.2, 0) is 0 Å². The van der Waals surface area contributed by atoms with Crippen LogP contribution in [0.15, 0.2) is 30.5 Å². The first-order valence-electron chi connectivity index (χ1n) is 5.65. The predicted octanol–water partition coefficient (Wildman–Crippen LogP) is 2.79. The van der Waals surface area contributed by atoms with Gasteiger partial charge >= 0.3 is 0 Å². The van der Waals surface area contributed by atoms with Gasteiger partial charge in [0.25, 0.3) is 5.91 Å². The Bertz CT molecular complexity index is 706. The molecule has 0 bridgehead atoms. The van der Waals surface area contributed by atoms with Crippen LogP contribution in [0.4, 0.5) is 14.5 Å². The van der Waals surface area contributed by atoms with Crippen LogP contribution in [0.2, 0.25) is 0 Å². The molecule has 0 aliphatic rings. The molecule has 1 aromatic carbocycles. The van der Waals surface area contributed by atoms with Gasteiger partial charge in [-0.15, -0.1) is 0 Å². The Morgan fingerprint density at radius 3 is 2.65 bits per heavy atom. The Labute approximate surface area is 113 Å². The van der Waals surface area contributed by atoms with E-state index in [1.54, 1.807) is 0 Å². The van der Waals surface area contributed by atoms with Crippen LogP contribution >= 0.6 is 0 Å². The lowest BCUT2D eigenvalue weighted by molar-refractivity contribution is 0.102. The Hall–Kier alpha value is -2.81. The van der Waals surface area contributed by atoms with Gasteiger partial charge in [-0.1, -0.05) is 6.07 Å². The summed E-state index contributed by atoms with van der Waals surface area (Å²) in [5.74, 6) is -2.44. The zero-order valence-electron chi connectivity index (χ0n) is 10.4. The zero-order chi connectivity index (χ0) is 14.7. The van der Waals surface area contributed by atoms with Gasteiger partial charge in [-0.3, -0.25) is 4.79 Å². The molecule has 2 rings (SSSR count). The first-order valence-corrected chi connectivity index (χ1v) is 5.65. The Kier molecular flexibility index (Phi) is 3.71. The second-order valence-corrected chi connectivity index (χ2v) is 4.05. The highest BCUT2D eigenvalue weighted by molar-refractivity contribution is 6.03. The molecule has 1 amide bonds. The van der Waals surface area contributed by atoms with Crippen LogP contribution in [0, 0.1) is 29.9 Å². The lowest BCUT2D eigenvalue weighted by Crippen LogP contribution is -2.16. The number of amides is 1. The van der Waals surface area contributed by atoms with E-state index >= 15 is 0 Å². The van der Waals surface area contributed by atoms with E-state index in [-0.39, 0.29) is 16.8 Å². The second kappa shape index (κ2) is 5.45. The summed E-state index contributed by atoms with van der Waals surface area (Å²) in [7, 11) is 0. The van der Waals surface area contributed by atoms with Gasteiger partial charge in [0.2, 0.25) is 0 Å². The van der Waals surface area contributed by atoms with Crippen molar-refractivity contribution in [3.05, 3.63) is 58.9 Å². The van der Waals surface area contributed by atoms with Gasteiger partial charge < -0.3 is 5.32 Å². The minimum absolute atomic E-state index is 0.0377. The summed E-state index contributed by atoms with van der Waals surface area (Å²) in [6.07, 6.45) is 1.21. The topological polar surface area (TPSA) is 65.8 Å². The van der Waals surface area contributed by atoms with Crippen molar-refractivity contribution >= 4 is 11.6 Å². The summed E-state index contributed by atoms with van der Waals surface area (Å²) < 4.78 is 27.2. The third-order valence-electron chi connectivity index (χ3n) is 2.65. The number of nitrogens with zero attached hydrogens (tertiary/aromatic N) is 2. The molecule has 0 saturated carbocycles. The maximum Gasteiger partial charge on any atom is 0.274 e. The molecular formula is C14H9F2N3O. The number of nitriles is 1. The number of hydrogen-bond acceptors (Lipinski definition) is 3. The third-order valence-corrected chi connectivity index (χ3v) is 2.65. The van der Waals surface area contributed by atoms with Gasteiger partial charge in [0, 0.05) is 6.20 Å². The van der Waals surface area contributed by atoms with Crippen molar-refractivity contribution in [3.63, 3.8) is 0 Å². The molecule has 1 aromatic heterocycles. The molecule has 0 aliphatic heterocycles. The number of benzene rings is 1. The van der Waals surface area contributed by atoms with Crippen LogP contribution in [0.25, 0.3) is 0 Å². The van der Waals surface area contributed by atoms with E-state index in [1.165, 1.54) is 31.3 Å². The lowest BCUT2D eigenvalue weighted by atomic mass is 10.2. The molecule has 4 nitrogen and oxygen atoms in total. The van der Waals surface area contributed by atoms with Gasteiger partial charge in [0.1, 0.15) is 23.3 Å². The SMILES string of the molecule is Cc1ccc(F)c(NC(=O)c2ccc(C#N)cn2)c1F. The van der Waals surface area contributed by atoms with Crippen LogP contribution < -0.4 is 5.32 Å². The van der Waals surface area contributed by atoms with E-state index in [1.807, 2.05) is 6.07 Å². The van der Waals surface area contributed by atoms with E-state index in [0.717, 1.165) is 6.07 Å². The first kappa shape index (κ1) is 13.6. The molecule has 0 aliphatic carbocycles. The maximum absolute atomic E-state index is 13.7. The maximum atomic E-state index is 13.7. The third kappa shape index (κ3) is 2.62. The van der Waals surface area contributed by atoms with Crippen molar-refractivity contribution < 1.29 is 13.6 Å². The molecule has 1 heterocycles. The summed E-state index contributed by atoms with van der Waals surface area (Å²) >= 11 is 0. The number of pyridine rings is 1. The largest absolute Gasteiger partial charge is 0.316 e. The Morgan fingerprint density at radius 2 is 2.05 bits per heavy atom. The van der Waals surface area contributed by atoms with Crippen molar-refractivity contribution in [3.8, 4) is 6.07 Å². The summed E-state index contributed by atoms with van der Waals surface area (Å²) in [5.41, 5.74) is -0.0468. The molecule has 0 radical (unpaired) electrons. The number of halogens is 2. The minimum Gasteiger partial charge on any atom is -0.316 e. The molecule has 20 heavy (non-hydrogen) atoms. The summed E-state index contributed by atoms with van der Waals surface area (Å²) in [6, 6.07) is 6.90. The van der Waals surface area contributed by atoms with E-state index in [4.69, 9.17) is 5.26 Å². The highest BCUT2D eigenvalue weighted by Gasteiger charge is 2.16. The monoisotopic (exact) mass is 273 g/mol. The fourth-order valence-electron chi connectivity index (χ4n) is 1.54.